The van der Waals surface area contributed by atoms with E-state index < -0.39 is 0 Å². The van der Waals surface area contributed by atoms with Gasteiger partial charge in [-0.25, -0.2) is 4.68 Å². The van der Waals surface area contributed by atoms with Gasteiger partial charge in [-0.2, -0.15) is 5.10 Å². The summed E-state index contributed by atoms with van der Waals surface area (Å²) in [5.41, 5.74) is 7.18. The maximum absolute atomic E-state index is 12.9. The molecule has 0 aliphatic heterocycles. The Morgan fingerprint density at radius 2 is 1.93 bits per heavy atom. The van der Waals surface area contributed by atoms with E-state index in [9.17, 15) is 4.79 Å². The van der Waals surface area contributed by atoms with Crippen LogP contribution in [0, 0.1) is 6.92 Å². The number of amides is 1. The summed E-state index contributed by atoms with van der Waals surface area (Å²) in [7, 11) is 1.68. The molecule has 1 amide bonds. The van der Waals surface area contributed by atoms with Crippen LogP contribution < -0.4 is 5.32 Å². The molecule has 0 spiro atoms. The zero-order valence-corrected chi connectivity index (χ0v) is 16.4. The second-order valence-electron chi connectivity index (χ2n) is 7.31. The molecule has 4 rings (SSSR count). The lowest BCUT2D eigenvalue weighted by Crippen LogP contribution is -2.24. The van der Waals surface area contributed by atoms with Gasteiger partial charge in [0.05, 0.1) is 12.3 Å². The number of benzene rings is 2. The van der Waals surface area contributed by atoms with Gasteiger partial charge < -0.3 is 10.1 Å². The van der Waals surface area contributed by atoms with E-state index in [1.807, 2.05) is 22.9 Å². The summed E-state index contributed by atoms with van der Waals surface area (Å²) >= 11 is 0. The quantitative estimate of drug-likeness (QED) is 0.714. The minimum Gasteiger partial charge on any atom is -0.380 e. The number of aryl methyl sites for hydroxylation is 1. The summed E-state index contributed by atoms with van der Waals surface area (Å²) in [5, 5.41) is 7.71. The number of aromatic nitrogens is 2. The number of carbonyl (C=O) groups is 1. The van der Waals surface area contributed by atoms with Gasteiger partial charge in [0, 0.05) is 24.9 Å². The first-order chi connectivity index (χ1) is 13.7. The molecule has 5 nitrogen and oxygen atoms in total. The molecule has 0 saturated carbocycles. The van der Waals surface area contributed by atoms with Gasteiger partial charge in [0.15, 0.2) is 5.69 Å². The fraction of sp³-hybridized carbons (Fsp3) is 0.304. The van der Waals surface area contributed by atoms with Gasteiger partial charge >= 0.3 is 0 Å². The molecule has 5 heteroatoms. The average Bonchev–Trinajstić information content (AvgIpc) is 3.30. The number of methoxy groups -OCH3 is 1. The van der Waals surface area contributed by atoms with Crippen molar-refractivity contribution in [1.29, 1.82) is 0 Å². The molecule has 0 bridgehead atoms. The normalized spacial score (nSPS) is 12.8. The van der Waals surface area contributed by atoms with Crippen LogP contribution in [0.15, 0.2) is 48.5 Å². The van der Waals surface area contributed by atoms with Crippen LogP contribution in [0.25, 0.3) is 5.69 Å². The summed E-state index contributed by atoms with van der Waals surface area (Å²) < 4.78 is 7.12. The first-order valence-electron chi connectivity index (χ1n) is 9.68. The summed E-state index contributed by atoms with van der Waals surface area (Å²) in [4.78, 5) is 12.9. The topological polar surface area (TPSA) is 56.1 Å². The van der Waals surface area contributed by atoms with E-state index in [0.717, 1.165) is 47.3 Å². The number of rotatable bonds is 6. The zero-order chi connectivity index (χ0) is 19.5. The molecule has 144 valence electrons. The fourth-order valence-electron chi connectivity index (χ4n) is 3.78. The molecular formula is C23H25N3O2. The van der Waals surface area contributed by atoms with Crippen LogP contribution in [-0.2, 0) is 30.7 Å². The second kappa shape index (κ2) is 7.98. The largest absolute Gasteiger partial charge is 0.380 e. The van der Waals surface area contributed by atoms with Crippen molar-refractivity contribution in [2.75, 3.05) is 7.11 Å². The lowest BCUT2D eigenvalue weighted by Gasteiger charge is -2.07. The molecule has 2 aromatic carbocycles. The molecular weight excluding hydrogens is 350 g/mol. The number of hydrogen-bond donors (Lipinski definition) is 1. The second-order valence-corrected chi connectivity index (χ2v) is 7.31. The predicted octanol–water partition coefficient (Wildman–Crippen LogP) is 3.75. The standard InChI is InChI=1S/C23H25N3O2/c1-16-9-11-19(12-10-16)26-21-8-4-7-20(21)22(25-26)23(27)24-14-17-5-3-6-18(13-17)15-28-2/h3,5-6,9-13H,4,7-8,14-15H2,1-2H3,(H,24,27). The van der Waals surface area contributed by atoms with Crippen LogP contribution in [0.3, 0.4) is 0 Å². The summed E-state index contributed by atoms with van der Waals surface area (Å²) in [5.74, 6) is -0.110. The molecule has 1 aromatic heterocycles. The van der Waals surface area contributed by atoms with Crippen molar-refractivity contribution in [3.8, 4) is 5.69 Å². The van der Waals surface area contributed by atoms with E-state index in [4.69, 9.17) is 4.74 Å². The summed E-state index contributed by atoms with van der Waals surface area (Å²) in [6.45, 7) is 3.11. The minimum absolute atomic E-state index is 0.110. The molecule has 0 atom stereocenters. The van der Waals surface area contributed by atoms with E-state index in [0.29, 0.717) is 18.8 Å². The van der Waals surface area contributed by atoms with Crippen LogP contribution in [0.4, 0.5) is 0 Å². The van der Waals surface area contributed by atoms with Crippen LogP contribution >= 0.6 is 0 Å². The number of hydrogen-bond acceptors (Lipinski definition) is 3. The molecule has 0 unspecified atom stereocenters. The first-order valence-corrected chi connectivity index (χ1v) is 9.68. The monoisotopic (exact) mass is 375 g/mol. The van der Waals surface area contributed by atoms with Crippen LogP contribution in [-0.4, -0.2) is 22.8 Å². The van der Waals surface area contributed by atoms with Gasteiger partial charge in [0.1, 0.15) is 0 Å². The Kier molecular flexibility index (Phi) is 5.26. The minimum atomic E-state index is -0.110. The third-order valence-electron chi connectivity index (χ3n) is 5.18. The molecule has 3 aromatic rings. The van der Waals surface area contributed by atoms with Crippen molar-refractivity contribution in [1.82, 2.24) is 15.1 Å². The molecule has 1 N–H and O–H groups in total. The average molecular weight is 375 g/mol. The Morgan fingerprint density at radius 3 is 2.71 bits per heavy atom. The maximum Gasteiger partial charge on any atom is 0.272 e. The van der Waals surface area contributed by atoms with Crippen LogP contribution in [0.5, 0.6) is 0 Å². The van der Waals surface area contributed by atoms with Gasteiger partial charge in [-0.3, -0.25) is 4.79 Å². The first kappa shape index (κ1) is 18.4. The molecule has 0 radical (unpaired) electrons. The number of carbonyl (C=O) groups excluding carboxylic acids is 1. The molecule has 1 aliphatic carbocycles. The Morgan fingerprint density at radius 1 is 1.14 bits per heavy atom. The third-order valence-corrected chi connectivity index (χ3v) is 5.18. The lowest BCUT2D eigenvalue weighted by atomic mass is 10.1. The highest BCUT2D eigenvalue weighted by atomic mass is 16.5. The molecule has 0 fully saturated rings. The highest BCUT2D eigenvalue weighted by molar-refractivity contribution is 5.94. The number of ether oxygens (including phenoxy) is 1. The summed E-state index contributed by atoms with van der Waals surface area (Å²) in [6.07, 6.45) is 2.94. The zero-order valence-electron chi connectivity index (χ0n) is 16.4. The van der Waals surface area contributed by atoms with E-state index in [2.05, 4.69) is 47.7 Å². The molecule has 0 saturated heterocycles. The van der Waals surface area contributed by atoms with Crippen LogP contribution in [0.2, 0.25) is 0 Å². The fourth-order valence-corrected chi connectivity index (χ4v) is 3.78. The summed E-state index contributed by atoms with van der Waals surface area (Å²) in [6, 6.07) is 16.3. The van der Waals surface area contributed by atoms with Gasteiger partial charge in [-0.1, -0.05) is 42.0 Å². The SMILES string of the molecule is COCc1cccc(CNC(=O)c2nn(-c3ccc(C)cc3)c3c2CCC3)c1. The molecule has 1 aliphatic rings. The Labute approximate surface area is 165 Å². The Hall–Kier alpha value is -2.92. The number of nitrogens with one attached hydrogen (secondary N) is 1. The Bertz CT molecular complexity index is 990. The van der Waals surface area contributed by atoms with Crippen molar-refractivity contribution < 1.29 is 9.53 Å². The van der Waals surface area contributed by atoms with E-state index in [1.165, 1.54) is 5.56 Å². The molecule has 1 heterocycles. The van der Waals surface area contributed by atoms with Gasteiger partial charge in [-0.15, -0.1) is 0 Å². The number of nitrogens with zero attached hydrogens (tertiary/aromatic N) is 2. The van der Waals surface area contributed by atoms with E-state index >= 15 is 0 Å². The van der Waals surface area contributed by atoms with Crippen molar-refractivity contribution in [2.45, 2.75) is 39.3 Å². The smallest absolute Gasteiger partial charge is 0.272 e. The number of fused-ring (bicyclic) bond motifs is 1. The van der Waals surface area contributed by atoms with E-state index in [-0.39, 0.29) is 5.91 Å². The van der Waals surface area contributed by atoms with Crippen molar-refractivity contribution in [3.05, 3.63) is 82.2 Å². The Balaban J connectivity index is 1.54. The maximum atomic E-state index is 12.9. The van der Waals surface area contributed by atoms with Gasteiger partial charge in [0.25, 0.3) is 5.91 Å². The predicted molar refractivity (Wildman–Crippen MR) is 109 cm³/mol. The van der Waals surface area contributed by atoms with Crippen molar-refractivity contribution in [2.24, 2.45) is 0 Å². The lowest BCUT2D eigenvalue weighted by molar-refractivity contribution is 0.0944. The van der Waals surface area contributed by atoms with Gasteiger partial charge in [0.2, 0.25) is 0 Å². The highest BCUT2D eigenvalue weighted by Gasteiger charge is 2.26. The molecule has 28 heavy (non-hydrogen) atoms. The van der Waals surface area contributed by atoms with Gasteiger partial charge in [-0.05, 0) is 49.4 Å². The van der Waals surface area contributed by atoms with Crippen LogP contribution in [0.1, 0.15) is 44.9 Å². The van der Waals surface area contributed by atoms with Crippen molar-refractivity contribution in [3.63, 3.8) is 0 Å². The highest BCUT2D eigenvalue weighted by Crippen LogP contribution is 2.28. The van der Waals surface area contributed by atoms with Crippen molar-refractivity contribution >= 4 is 5.91 Å². The third kappa shape index (κ3) is 3.71. The van der Waals surface area contributed by atoms with E-state index in [1.54, 1.807) is 7.11 Å².